The zero-order valence-electron chi connectivity index (χ0n) is 9.45. The molecule has 0 saturated heterocycles. The molecule has 4 heteroatoms. The Labute approximate surface area is 90.8 Å². The highest BCUT2D eigenvalue weighted by atomic mass is 32.2. The maximum Gasteiger partial charge on any atom is 0.323 e. The predicted octanol–water partition coefficient (Wildman–Crippen LogP) is 1.65. The lowest BCUT2D eigenvalue weighted by atomic mass is 10.1. The van der Waals surface area contributed by atoms with Gasteiger partial charge in [0.05, 0.1) is 0 Å². The summed E-state index contributed by atoms with van der Waals surface area (Å²) >= 11 is 1.68. The lowest BCUT2D eigenvalue weighted by Gasteiger charge is -2.19. The number of carbonyl (C=O) groups excluding carboxylic acids is 1. The molecule has 0 unspecified atom stereocenters. The van der Waals surface area contributed by atoms with Gasteiger partial charge in [-0.05, 0) is 31.3 Å². The minimum absolute atomic E-state index is 0.0529. The Kier molecular flexibility index (Phi) is 7.01. The molecule has 2 atom stereocenters. The van der Waals surface area contributed by atoms with Crippen molar-refractivity contribution in [2.45, 2.75) is 39.3 Å². The fraction of sp³-hybridized carbons (Fsp3) is 0.900. The lowest BCUT2D eigenvalue weighted by Crippen LogP contribution is -2.36. The highest BCUT2D eigenvalue weighted by molar-refractivity contribution is 7.98. The lowest BCUT2D eigenvalue weighted by molar-refractivity contribution is -0.151. The Morgan fingerprint density at radius 1 is 1.43 bits per heavy atom. The number of thioether (sulfide) groups is 1. The van der Waals surface area contributed by atoms with Gasteiger partial charge in [0.25, 0.3) is 0 Å². The summed E-state index contributed by atoms with van der Waals surface area (Å²) in [5, 5.41) is 0. The van der Waals surface area contributed by atoms with Crippen LogP contribution in [0.25, 0.3) is 0 Å². The minimum Gasteiger partial charge on any atom is -0.461 e. The molecule has 3 nitrogen and oxygen atoms in total. The van der Waals surface area contributed by atoms with E-state index in [4.69, 9.17) is 10.5 Å². The quantitative estimate of drug-likeness (QED) is 0.690. The molecular formula is C10H21NO2S. The van der Waals surface area contributed by atoms with Gasteiger partial charge in [0.2, 0.25) is 0 Å². The number of hydrogen-bond acceptors (Lipinski definition) is 4. The van der Waals surface area contributed by atoms with Crippen molar-refractivity contribution in [3.8, 4) is 0 Å². The van der Waals surface area contributed by atoms with Crippen LogP contribution in [0.4, 0.5) is 0 Å². The first-order chi connectivity index (χ1) is 6.49. The first-order valence-electron chi connectivity index (χ1n) is 4.94. The average Bonchev–Trinajstić information content (AvgIpc) is 2.13. The Hall–Kier alpha value is -0.220. The van der Waals surface area contributed by atoms with Gasteiger partial charge >= 0.3 is 5.97 Å². The third-order valence-electron chi connectivity index (χ3n) is 2.18. The number of ether oxygens (including phenoxy) is 1. The number of nitrogens with two attached hydrogens (primary N) is 1. The van der Waals surface area contributed by atoms with Crippen LogP contribution in [-0.4, -0.2) is 30.1 Å². The zero-order valence-corrected chi connectivity index (χ0v) is 10.3. The highest BCUT2D eigenvalue weighted by Crippen LogP contribution is 2.08. The largest absolute Gasteiger partial charge is 0.461 e. The third kappa shape index (κ3) is 5.50. The molecule has 0 aliphatic carbocycles. The summed E-state index contributed by atoms with van der Waals surface area (Å²) < 4.78 is 5.20. The van der Waals surface area contributed by atoms with Crippen molar-refractivity contribution in [1.29, 1.82) is 0 Å². The van der Waals surface area contributed by atoms with Gasteiger partial charge in [0.15, 0.2) is 0 Å². The third-order valence-corrected chi connectivity index (χ3v) is 2.82. The first kappa shape index (κ1) is 13.8. The van der Waals surface area contributed by atoms with Crippen LogP contribution in [0.3, 0.4) is 0 Å². The molecule has 0 spiro atoms. The van der Waals surface area contributed by atoms with E-state index in [0.29, 0.717) is 12.3 Å². The number of rotatable bonds is 6. The van der Waals surface area contributed by atoms with Crippen molar-refractivity contribution in [2.24, 2.45) is 11.7 Å². The fourth-order valence-electron chi connectivity index (χ4n) is 0.769. The zero-order chi connectivity index (χ0) is 11.1. The molecule has 0 aliphatic rings. The summed E-state index contributed by atoms with van der Waals surface area (Å²) in [5.41, 5.74) is 5.66. The molecule has 0 aliphatic heterocycles. The van der Waals surface area contributed by atoms with Crippen molar-refractivity contribution < 1.29 is 9.53 Å². The molecule has 0 radical (unpaired) electrons. The predicted molar refractivity (Wildman–Crippen MR) is 61.4 cm³/mol. The molecule has 0 saturated carbocycles. The molecule has 2 N–H and O–H groups in total. The van der Waals surface area contributed by atoms with Gasteiger partial charge in [-0.2, -0.15) is 11.8 Å². The highest BCUT2D eigenvalue weighted by Gasteiger charge is 2.18. The Balaban J connectivity index is 3.82. The molecule has 0 amide bonds. The van der Waals surface area contributed by atoms with Crippen molar-refractivity contribution in [1.82, 2.24) is 0 Å². The van der Waals surface area contributed by atoms with Crippen molar-refractivity contribution >= 4 is 17.7 Å². The molecule has 0 aromatic carbocycles. The van der Waals surface area contributed by atoms with E-state index in [2.05, 4.69) is 0 Å². The second-order valence-electron chi connectivity index (χ2n) is 3.77. The molecule has 0 aromatic heterocycles. The van der Waals surface area contributed by atoms with E-state index in [-0.39, 0.29) is 12.1 Å². The fourth-order valence-corrected chi connectivity index (χ4v) is 1.26. The molecule has 84 valence electrons. The first-order valence-corrected chi connectivity index (χ1v) is 6.33. The van der Waals surface area contributed by atoms with Crippen molar-refractivity contribution in [3.63, 3.8) is 0 Å². The van der Waals surface area contributed by atoms with Crippen LogP contribution in [0, 0.1) is 5.92 Å². The van der Waals surface area contributed by atoms with E-state index < -0.39 is 6.04 Å². The van der Waals surface area contributed by atoms with Crippen LogP contribution in [-0.2, 0) is 9.53 Å². The minimum atomic E-state index is -0.469. The molecule has 0 aromatic rings. The summed E-state index contributed by atoms with van der Waals surface area (Å²) in [7, 11) is 0. The van der Waals surface area contributed by atoms with Crippen LogP contribution in [0.5, 0.6) is 0 Å². The molecule has 0 rings (SSSR count). The molecule has 0 bridgehead atoms. The van der Waals surface area contributed by atoms with Gasteiger partial charge in [0, 0.05) is 0 Å². The summed E-state index contributed by atoms with van der Waals surface area (Å²) in [6, 6.07) is -0.469. The topological polar surface area (TPSA) is 52.3 Å². The summed E-state index contributed by atoms with van der Waals surface area (Å²) in [4.78, 5) is 11.4. The van der Waals surface area contributed by atoms with Crippen molar-refractivity contribution in [2.75, 3.05) is 12.0 Å². The Bertz CT molecular complexity index is 174. The monoisotopic (exact) mass is 219 g/mol. The summed E-state index contributed by atoms with van der Waals surface area (Å²) in [6.45, 7) is 5.93. The maximum absolute atomic E-state index is 11.4. The van der Waals surface area contributed by atoms with E-state index in [1.54, 1.807) is 11.8 Å². The molecule has 14 heavy (non-hydrogen) atoms. The van der Waals surface area contributed by atoms with E-state index >= 15 is 0 Å². The van der Waals surface area contributed by atoms with Gasteiger partial charge in [-0.1, -0.05) is 13.8 Å². The van der Waals surface area contributed by atoms with Crippen LogP contribution in [0.15, 0.2) is 0 Å². The summed E-state index contributed by atoms with van der Waals surface area (Å²) in [6.07, 6.45) is 2.63. The number of carbonyl (C=O) groups is 1. The van der Waals surface area contributed by atoms with Gasteiger partial charge in [-0.15, -0.1) is 0 Å². The SMILES string of the molecule is CSCC[C@H](N)C(=O)O[C@H](C)C(C)C. The van der Waals surface area contributed by atoms with E-state index in [1.165, 1.54) is 0 Å². The van der Waals surface area contributed by atoms with E-state index in [1.807, 2.05) is 27.0 Å². The average molecular weight is 219 g/mol. The van der Waals surface area contributed by atoms with Gasteiger partial charge < -0.3 is 10.5 Å². The second-order valence-corrected chi connectivity index (χ2v) is 4.76. The number of hydrogen-bond donors (Lipinski definition) is 1. The van der Waals surface area contributed by atoms with E-state index in [9.17, 15) is 4.79 Å². The van der Waals surface area contributed by atoms with Gasteiger partial charge in [-0.25, -0.2) is 0 Å². The van der Waals surface area contributed by atoms with Gasteiger partial charge in [-0.3, -0.25) is 4.79 Å². The second kappa shape index (κ2) is 7.12. The molecular weight excluding hydrogens is 198 g/mol. The van der Waals surface area contributed by atoms with Crippen molar-refractivity contribution in [3.05, 3.63) is 0 Å². The van der Waals surface area contributed by atoms with Crippen LogP contribution in [0.2, 0.25) is 0 Å². The normalized spacial score (nSPS) is 15.3. The maximum atomic E-state index is 11.4. The van der Waals surface area contributed by atoms with Gasteiger partial charge in [0.1, 0.15) is 12.1 Å². The Morgan fingerprint density at radius 2 is 2.00 bits per heavy atom. The smallest absolute Gasteiger partial charge is 0.323 e. The molecule has 0 fully saturated rings. The molecule has 0 heterocycles. The van der Waals surface area contributed by atoms with E-state index in [0.717, 1.165) is 5.75 Å². The van der Waals surface area contributed by atoms with Crippen LogP contribution in [0.1, 0.15) is 27.2 Å². The summed E-state index contributed by atoms with van der Waals surface area (Å²) in [5.74, 6) is 0.957. The standard InChI is InChI=1S/C10H21NO2S/c1-7(2)8(3)13-10(12)9(11)5-6-14-4/h7-9H,5-6,11H2,1-4H3/t8-,9+/m1/s1. The Morgan fingerprint density at radius 3 is 2.43 bits per heavy atom. The van der Waals surface area contributed by atoms with Crippen LogP contribution >= 0.6 is 11.8 Å². The number of esters is 1. The van der Waals surface area contributed by atoms with Crippen LogP contribution < -0.4 is 5.73 Å².